The van der Waals surface area contributed by atoms with E-state index in [0.29, 0.717) is 5.52 Å². The van der Waals surface area contributed by atoms with Gasteiger partial charge in [-0.3, -0.25) is 0 Å². The van der Waals surface area contributed by atoms with Gasteiger partial charge in [0, 0.05) is 0 Å². The first kappa shape index (κ1) is 10.3. The molecule has 0 atom stereocenters. The van der Waals surface area contributed by atoms with Crippen molar-refractivity contribution in [1.29, 1.82) is 0 Å². The van der Waals surface area contributed by atoms with Gasteiger partial charge in [0.05, 0.1) is 0 Å². The zero-order chi connectivity index (χ0) is 6.53. The van der Waals surface area contributed by atoms with E-state index in [9.17, 15) is 0 Å². The first-order valence-corrected chi connectivity index (χ1v) is 3.79. The Morgan fingerprint density at radius 2 is 1.80 bits per heavy atom. The van der Waals surface area contributed by atoms with Crippen LogP contribution in [-0.2, 0) is 0 Å². The second kappa shape index (κ2) is 6.01. The maximum Gasteiger partial charge on any atom is 0.316 e. The molecule has 0 bridgehead atoms. The largest absolute Gasteiger partial charge is 0.482 e. The van der Waals surface area contributed by atoms with E-state index in [1.807, 2.05) is 30.3 Å². The SMILES string of the molecule is BrCOc1ccccc1.[MgH2]. The van der Waals surface area contributed by atoms with Crippen LogP contribution < -0.4 is 4.74 Å². The monoisotopic (exact) mass is 212 g/mol. The van der Waals surface area contributed by atoms with E-state index in [2.05, 4.69) is 15.9 Å². The highest BCUT2D eigenvalue weighted by molar-refractivity contribution is 9.09. The van der Waals surface area contributed by atoms with Crippen molar-refractivity contribution in [2.45, 2.75) is 0 Å². The van der Waals surface area contributed by atoms with Gasteiger partial charge in [0.2, 0.25) is 0 Å². The van der Waals surface area contributed by atoms with Crippen molar-refractivity contribution in [3.8, 4) is 5.75 Å². The summed E-state index contributed by atoms with van der Waals surface area (Å²) in [5.74, 6) is 0.898. The van der Waals surface area contributed by atoms with Gasteiger partial charge in [-0.05, 0) is 28.1 Å². The minimum atomic E-state index is 0. The predicted molar refractivity (Wildman–Crippen MR) is 49.4 cm³/mol. The van der Waals surface area contributed by atoms with Gasteiger partial charge in [-0.25, -0.2) is 0 Å². The molecular weight excluding hydrogens is 204 g/mol. The molecule has 1 aromatic carbocycles. The lowest BCUT2D eigenvalue weighted by atomic mass is 10.3. The molecule has 1 nitrogen and oxygen atoms in total. The summed E-state index contributed by atoms with van der Waals surface area (Å²) < 4.78 is 5.12. The van der Waals surface area contributed by atoms with Gasteiger partial charge < -0.3 is 4.74 Å². The highest BCUT2D eigenvalue weighted by Gasteiger charge is 1.84. The van der Waals surface area contributed by atoms with Crippen LogP contribution >= 0.6 is 15.9 Å². The Morgan fingerprint density at radius 1 is 1.20 bits per heavy atom. The number of alkyl halides is 1. The molecule has 0 radical (unpaired) electrons. The summed E-state index contributed by atoms with van der Waals surface area (Å²) in [4.78, 5) is 0. The fourth-order valence-electron chi connectivity index (χ4n) is 0.580. The van der Waals surface area contributed by atoms with Gasteiger partial charge in [0.1, 0.15) is 11.3 Å². The second-order valence-electron chi connectivity index (χ2n) is 1.57. The molecule has 0 fully saturated rings. The molecule has 0 amide bonds. The molecule has 10 heavy (non-hydrogen) atoms. The van der Waals surface area contributed by atoms with Crippen molar-refractivity contribution >= 4 is 39.0 Å². The normalized spacial score (nSPS) is 8.10. The standard InChI is InChI=1S/C7H7BrO.Mg.2H/c8-6-9-7-4-2-1-3-5-7;;;/h1-5H,6H2;;;. The van der Waals surface area contributed by atoms with E-state index in [4.69, 9.17) is 4.74 Å². The highest BCUT2D eigenvalue weighted by atomic mass is 79.9. The smallest absolute Gasteiger partial charge is 0.316 e. The Kier molecular flexibility index (Phi) is 6.17. The first-order valence-electron chi connectivity index (χ1n) is 2.67. The summed E-state index contributed by atoms with van der Waals surface area (Å²) in [7, 11) is 0. The van der Waals surface area contributed by atoms with Crippen LogP contribution in [0.2, 0.25) is 0 Å². The lowest BCUT2D eigenvalue weighted by molar-refractivity contribution is 0.398. The molecule has 1 rings (SSSR count). The van der Waals surface area contributed by atoms with Gasteiger partial charge in [-0.15, -0.1) is 0 Å². The molecule has 0 aromatic heterocycles. The van der Waals surface area contributed by atoms with Crippen molar-refractivity contribution in [3.63, 3.8) is 0 Å². The third kappa shape index (κ3) is 3.44. The molecule has 0 N–H and O–H groups in total. The maximum absolute atomic E-state index is 5.12. The Balaban J connectivity index is 0.000000810. The van der Waals surface area contributed by atoms with Gasteiger partial charge in [0.15, 0.2) is 0 Å². The molecule has 0 saturated carbocycles. The third-order valence-corrected chi connectivity index (χ3v) is 1.19. The Labute approximate surface area is 85.0 Å². The van der Waals surface area contributed by atoms with Crippen molar-refractivity contribution in [1.82, 2.24) is 0 Å². The molecule has 3 heteroatoms. The summed E-state index contributed by atoms with van der Waals surface area (Å²) in [6.07, 6.45) is 0. The Hall–Kier alpha value is 0.266. The summed E-state index contributed by atoms with van der Waals surface area (Å²) in [6.45, 7) is 0. The fraction of sp³-hybridized carbons (Fsp3) is 0.143. The minimum absolute atomic E-state index is 0. The molecule has 1 aromatic rings. The molecule has 0 aliphatic heterocycles. The third-order valence-electron chi connectivity index (χ3n) is 0.964. The van der Waals surface area contributed by atoms with Crippen LogP contribution in [0.5, 0.6) is 5.75 Å². The first-order chi connectivity index (χ1) is 4.43. The number of benzene rings is 1. The minimum Gasteiger partial charge on any atom is -0.482 e. The predicted octanol–water partition coefficient (Wildman–Crippen LogP) is 1.50. The molecule has 0 aliphatic rings. The average Bonchev–Trinajstić information content (AvgIpc) is 1.91. The van der Waals surface area contributed by atoms with Crippen molar-refractivity contribution < 1.29 is 4.74 Å². The van der Waals surface area contributed by atoms with Gasteiger partial charge in [0.25, 0.3) is 0 Å². The van der Waals surface area contributed by atoms with Crippen molar-refractivity contribution in [2.75, 3.05) is 5.52 Å². The number of para-hydroxylation sites is 1. The maximum atomic E-state index is 5.12. The van der Waals surface area contributed by atoms with Crippen molar-refractivity contribution in [2.24, 2.45) is 0 Å². The zero-order valence-corrected chi connectivity index (χ0v) is 6.47. The molecule has 0 unspecified atom stereocenters. The Morgan fingerprint density at radius 3 is 2.30 bits per heavy atom. The molecular formula is C7H9BrMgO. The molecule has 0 aliphatic carbocycles. The number of ether oxygens (including phenoxy) is 1. The number of hydrogen-bond acceptors (Lipinski definition) is 1. The van der Waals surface area contributed by atoms with Crippen LogP contribution in [0.4, 0.5) is 0 Å². The summed E-state index contributed by atoms with van der Waals surface area (Å²) >= 11 is 3.16. The van der Waals surface area contributed by atoms with Crippen LogP contribution in [0.25, 0.3) is 0 Å². The van der Waals surface area contributed by atoms with Gasteiger partial charge >= 0.3 is 23.1 Å². The number of hydrogen-bond donors (Lipinski definition) is 0. The van der Waals surface area contributed by atoms with Gasteiger partial charge in [-0.2, -0.15) is 0 Å². The van der Waals surface area contributed by atoms with Crippen molar-refractivity contribution in [3.05, 3.63) is 30.3 Å². The van der Waals surface area contributed by atoms with E-state index in [0.717, 1.165) is 5.75 Å². The molecule has 0 heterocycles. The van der Waals surface area contributed by atoms with Crippen LogP contribution in [0.3, 0.4) is 0 Å². The van der Waals surface area contributed by atoms with E-state index in [-0.39, 0.29) is 23.1 Å². The quantitative estimate of drug-likeness (QED) is 0.534. The zero-order valence-electron chi connectivity index (χ0n) is 4.88. The molecule has 0 saturated heterocycles. The summed E-state index contributed by atoms with van der Waals surface area (Å²) in [5.41, 5.74) is 0.553. The summed E-state index contributed by atoms with van der Waals surface area (Å²) in [5, 5.41) is 0. The summed E-state index contributed by atoms with van der Waals surface area (Å²) in [6, 6.07) is 9.68. The van der Waals surface area contributed by atoms with Crippen LogP contribution in [0.1, 0.15) is 0 Å². The number of halogens is 1. The van der Waals surface area contributed by atoms with E-state index in [1.165, 1.54) is 0 Å². The fourth-order valence-corrected chi connectivity index (χ4v) is 0.844. The Bertz CT molecular complexity index is 167. The van der Waals surface area contributed by atoms with E-state index in [1.54, 1.807) is 0 Å². The topological polar surface area (TPSA) is 9.23 Å². The second-order valence-corrected chi connectivity index (χ2v) is 2.02. The van der Waals surface area contributed by atoms with Gasteiger partial charge in [-0.1, -0.05) is 18.2 Å². The van der Waals surface area contributed by atoms with Crippen LogP contribution in [0, 0.1) is 0 Å². The van der Waals surface area contributed by atoms with Crippen LogP contribution in [-0.4, -0.2) is 28.6 Å². The van der Waals surface area contributed by atoms with E-state index < -0.39 is 0 Å². The number of rotatable bonds is 2. The molecule has 0 spiro atoms. The average molecular weight is 213 g/mol. The lowest BCUT2D eigenvalue weighted by Crippen LogP contribution is -1.86. The molecule has 52 valence electrons. The highest BCUT2D eigenvalue weighted by Crippen LogP contribution is 2.08. The van der Waals surface area contributed by atoms with Crippen LogP contribution in [0.15, 0.2) is 30.3 Å². The lowest BCUT2D eigenvalue weighted by Gasteiger charge is -1.98. The van der Waals surface area contributed by atoms with E-state index >= 15 is 0 Å².